The van der Waals surface area contributed by atoms with Gasteiger partial charge in [-0.25, -0.2) is 0 Å². The summed E-state index contributed by atoms with van der Waals surface area (Å²) in [5, 5.41) is 3.36. The molecule has 3 aliphatic rings. The van der Waals surface area contributed by atoms with Crippen LogP contribution in [0.15, 0.2) is 0 Å². The SMILES string of the molecule is CN(C1CNC1)C1CCOC2(CCOCC2)C1. The fourth-order valence-corrected chi connectivity index (χ4v) is 3.30. The van der Waals surface area contributed by atoms with Crippen molar-refractivity contribution in [1.82, 2.24) is 10.2 Å². The van der Waals surface area contributed by atoms with Crippen LogP contribution < -0.4 is 5.32 Å². The Morgan fingerprint density at radius 2 is 1.88 bits per heavy atom. The van der Waals surface area contributed by atoms with Crippen molar-refractivity contribution in [3.63, 3.8) is 0 Å². The number of hydrogen-bond donors (Lipinski definition) is 1. The number of nitrogens with zero attached hydrogens (tertiary/aromatic N) is 1. The summed E-state index contributed by atoms with van der Waals surface area (Å²) in [5.74, 6) is 0. The average molecular weight is 240 g/mol. The lowest BCUT2D eigenvalue weighted by molar-refractivity contribution is -0.153. The van der Waals surface area contributed by atoms with Crippen molar-refractivity contribution in [1.29, 1.82) is 0 Å². The van der Waals surface area contributed by atoms with Crippen molar-refractivity contribution in [3.05, 3.63) is 0 Å². The van der Waals surface area contributed by atoms with Crippen LogP contribution in [0.4, 0.5) is 0 Å². The maximum absolute atomic E-state index is 6.10. The molecule has 1 N–H and O–H groups in total. The van der Waals surface area contributed by atoms with Gasteiger partial charge in [0.2, 0.25) is 0 Å². The normalized spacial score (nSPS) is 33.9. The molecule has 0 radical (unpaired) electrons. The molecule has 0 aromatic heterocycles. The van der Waals surface area contributed by atoms with E-state index in [0.717, 1.165) is 51.8 Å². The highest BCUT2D eigenvalue weighted by Crippen LogP contribution is 2.36. The highest BCUT2D eigenvalue weighted by atomic mass is 16.5. The molecule has 1 unspecified atom stereocenters. The predicted octanol–water partition coefficient (Wildman–Crippen LogP) is 0.618. The minimum atomic E-state index is 0.132. The summed E-state index contributed by atoms with van der Waals surface area (Å²) in [6.45, 7) is 4.99. The Balaban J connectivity index is 1.61. The van der Waals surface area contributed by atoms with Crippen LogP contribution in [0.5, 0.6) is 0 Å². The molecule has 0 aromatic carbocycles. The molecule has 0 aromatic rings. The third kappa shape index (κ3) is 2.36. The lowest BCUT2D eigenvalue weighted by Crippen LogP contribution is -2.61. The molecule has 17 heavy (non-hydrogen) atoms. The van der Waals surface area contributed by atoms with E-state index in [0.29, 0.717) is 6.04 Å². The smallest absolute Gasteiger partial charge is 0.0741 e. The Hall–Kier alpha value is -0.160. The Bertz CT molecular complexity index is 257. The van der Waals surface area contributed by atoms with E-state index in [4.69, 9.17) is 9.47 Å². The third-order valence-corrected chi connectivity index (χ3v) is 4.78. The average Bonchev–Trinajstić information content (AvgIpc) is 2.28. The number of nitrogens with one attached hydrogen (secondary N) is 1. The van der Waals surface area contributed by atoms with Gasteiger partial charge in [0.05, 0.1) is 5.60 Å². The zero-order valence-electron chi connectivity index (χ0n) is 10.8. The Morgan fingerprint density at radius 1 is 1.12 bits per heavy atom. The van der Waals surface area contributed by atoms with Crippen LogP contribution in [0.3, 0.4) is 0 Å². The van der Waals surface area contributed by atoms with Crippen LogP contribution in [-0.4, -0.2) is 62.5 Å². The number of hydrogen-bond acceptors (Lipinski definition) is 4. The maximum Gasteiger partial charge on any atom is 0.0741 e. The summed E-state index contributed by atoms with van der Waals surface area (Å²) in [4.78, 5) is 2.58. The van der Waals surface area contributed by atoms with Gasteiger partial charge in [-0.3, -0.25) is 4.90 Å². The van der Waals surface area contributed by atoms with Gasteiger partial charge in [0, 0.05) is 45.0 Å². The first-order valence-electron chi connectivity index (χ1n) is 6.93. The van der Waals surface area contributed by atoms with E-state index in [-0.39, 0.29) is 5.60 Å². The van der Waals surface area contributed by atoms with Gasteiger partial charge in [-0.1, -0.05) is 0 Å². The standard InChI is InChI=1S/C13H24N2O2/c1-15(12-9-14-10-12)11-2-5-17-13(8-11)3-6-16-7-4-13/h11-12,14H,2-10H2,1H3. The van der Waals surface area contributed by atoms with Gasteiger partial charge in [0.25, 0.3) is 0 Å². The molecule has 0 amide bonds. The molecule has 98 valence electrons. The van der Waals surface area contributed by atoms with Crippen molar-refractivity contribution in [2.24, 2.45) is 0 Å². The van der Waals surface area contributed by atoms with E-state index in [1.165, 1.54) is 12.8 Å². The van der Waals surface area contributed by atoms with Crippen LogP contribution >= 0.6 is 0 Å². The van der Waals surface area contributed by atoms with Crippen molar-refractivity contribution in [2.75, 3.05) is 40.0 Å². The lowest BCUT2D eigenvalue weighted by atomic mass is 9.83. The Morgan fingerprint density at radius 3 is 2.53 bits per heavy atom. The summed E-state index contributed by atoms with van der Waals surface area (Å²) in [5.41, 5.74) is 0.132. The van der Waals surface area contributed by atoms with E-state index in [2.05, 4.69) is 17.3 Å². The van der Waals surface area contributed by atoms with Crippen LogP contribution in [0, 0.1) is 0 Å². The lowest BCUT2D eigenvalue weighted by Gasteiger charge is -2.48. The molecular formula is C13H24N2O2. The highest BCUT2D eigenvalue weighted by molar-refractivity contribution is 4.95. The summed E-state index contributed by atoms with van der Waals surface area (Å²) >= 11 is 0. The summed E-state index contributed by atoms with van der Waals surface area (Å²) in [6.07, 6.45) is 4.56. The summed E-state index contributed by atoms with van der Waals surface area (Å²) < 4.78 is 11.6. The predicted molar refractivity (Wildman–Crippen MR) is 66.2 cm³/mol. The van der Waals surface area contributed by atoms with Crippen LogP contribution in [-0.2, 0) is 9.47 Å². The molecule has 3 fully saturated rings. The largest absolute Gasteiger partial charge is 0.381 e. The topological polar surface area (TPSA) is 33.7 Å². The van der Waals surface area contributed by atoms with Gasteiger partial charge in [0.1, 0.15) is 0 Å². The van der Waals surface area contributed by atoms with E-state index in [1.807, 2.05) is 0 Å². The van der Waals surface area contributed by atoms with Crippen molar-refractivity contribution in [2.45, 2.75) is 43.4 Å². The quantitative estimate of drug-likeness (QED) is 0.767. The molecule has 0 saturated carbocycles. The zero-order valence-corrected chi connectivity index (χ0v) is 10.8. The minimum Gasteiger partial charge on any atom is -0.381 e. The molecule has 1 spiro atoms. The first-order valence-corrected chi connectivity index (χ1v) is 6.93. The van der Waals surface area contributed by atoms with Crippen molar-refractivity contribution >= 4 is 0 Å². The third-order valence-electron chi connectivity index (χ3n) is 4.78. The molecule has 0 bridgehead atoms. The van der Waals surface area contributed by atoms with E-state index in [1.54, 1.807) is 0 Å². The van der Waals surface area contributed by atoms with Gasteiger partial charge in [-0.2, -0.15) is 0 Å². The number of likely N-dealkylation sites (N-methyl/N-ethyl adjacent to an activating group) is 1. The van der Waals surface area contributed by atoms with Gasteiger partial charge < -0.3 is 14.8 Å². The van der Waals surface area contributed by atoms with Crippen LogP contribution in [0.25, 0.3) is 0 Å². The summed E-state index contributed by atoms with van der Waals surface area (Å²) in [6, 6.07) is 1.45. The molecule has 3 saturated heterocycles. The van der Waals surface area contributed by atoms with Crippen LogP contribution in [0.1, 0.15) is 25.7 Å². The second kappa shape index (κ2) is 4.84. The second-order valence-electron chi connectivity index (χ2n) is 5.77. The van der Waals surface area contributed by atoms with Crippen LogP contribution in [0.2, 0.25) is 0 Å². The fraction of sp³-hybridized carbons (Fsp3) is 1.00. The molecule has 0 aliphatic carbocycles. The second-order valence-corrected chi connectivity index (χ2v) is 5.77. The Labute approximate surface area is 104 Å². The van der Waals surface area contributed by atoms with E-state index in [9.17, 15) is 0 Å². The van der Waals surface area contributed by atoms with Gasteiger partial charge in [0.15, 0.2) is 0 Å². The van der Waals surface area contributed by atoms with Crippen molar-refractivity contribution < 1.29 is 9.47 Å². The van der Waals surface area contributed by atoms with Gasteiger partial charge in [-0.15, -0.1) is 0 Å². The number of ether oxygens (including phenoxy) is 2. The fourth-order valence-electron chi connectivity index (χ4n) is 3.30. The highest BCUT2D eigenvalue weighted by Gasteiger charge is 2.41. The molecule has 4 nitrogen and oxygen atoms in total. The van der Waals surface area contributed by atoms with Gasteiger partial charge >= 0.3 is 0 Å². The molecule has 4 heteroatoms. The molecule has 3 aliphatic heterocycles. The summed E-state index contributed by atoms with van der Waals surface area (Å²) in [7, 11) is 2.29. The van der Waals surface area contributed by atoms with E-state index >= 15 is 0 Å². The first-order chi connectivity index (χ1) is 8.29. The molecule has 3 heterocycles. The van der Waals surface area contributed by atoms with Gasteiger partial charge in [-0.05, 0) is 32.7 Å². The van der Waals surface area contributed by atoms with Crippen molar-refractivity contribution in [3.8, 4) is 0 Å². The minimum absolute atomic E-state index is 0.132. The monoisotopic (exact) mass is 240 g/mol. The first kappa shape index (κ1) is 11.9. The zero-order chi connectivity index (χ0) is 11.7. The number of rotatable bonds is 2. The maximum atomic E-state index is 6.10. The Kier molecular flexibility index (Phi) is 3.39. The molecule has 1 atom stereocenters. The molecule has 3 rings (SSSR count). The molecular weight excluding hydrogens is 216 g/mol. The van der Waals surface area contributed by atoms with E-state index < -0.39 is 0 Å².